The third-order valence-electron chi connectivity index (χ3n) is 7.44. The van der Waals surface area contributed by atoms with Gasteiger partial charge in [0.2, 0.25) is 0 Å². The molecular weight excluding hydrogens is 368 g/mol. The van der Waals surface area contributed by atoms with Crippen LogP contribution in [0.3, 0.4) is 0 Å². The molecule has 1 saturated heterocycles. The van der Waals surface area contributed by atoms with Gasteiger partial charge in [0.05, 0.1) is 19.3 Å². The highest BCUT2D eigenvalue weighted by atomic mass is 16.6. The van der Waals surface area contributed by atoms with E-state index in [-0.39, 0.29) is 6.10 Å². The Morgan fingerprint density at radius 3 is 1.97 bits per heavy atom. The molecule has 2 aliphatic rings. The minimum Gasteiger partial charge on any atom is -0.373 e. The Labute approximate surface area is 186 Å². The summed E-state index contributed by atoms with van der Waals surface area (Å²) in [6.07, 6.45) is 19.4. The first-order chi connectivity index (χ1) is 14.8. The van der Waals surface area contributed by atoms with Crippen LogP contribution in [0.5, 0.6) is 0 Å². The number of hydrogen-bond acceptors (Lipinski definition) is 2. The first-order valence-corrected chi connectivity index (χ1v) is 13.1. The van der Waals surface area contributed by atoms with E-state index in [2.05, 4.69) is 38.1 Å². The Kier molecular flexibility index (Phi) is 10.7. The van der Waals surface area contributed by atoms with Gasteiger partial charge < -0.3 is 9.47 Å². The van der Waals surface area contributed by atoms with Gasteiger partial charge in [-0.3, -0.25) is 0 Å². The van der Waals surface area contributed by atoms with E-state index < -0.39 is 0 Å². The Balaban J connectivity index is 1.36. The highest BCUT2D eigenvalue weighted by molar-refractivity contribution is 5.27. The summed E-state index contributed by atoms with van der Waals surface area (Å²) in [5, 5.41) is 0. The van der Waals surface area contributed by atoms with Gasteiger partial charge in [-0.1, -0.05) is 95.9 Å². The van der Waals surface area contributed by atoms with Crippen LogP contribution in [0.15, 0.2) is 24.3 Å². The molecule has 0 bridgehead atoms. The molecule has 0 amide bonds. The zero-order valence-corrected chi connectivity index (χ0v) is 19.7. The van der Waals surface area contributed by atoms with Crippen molar-refractivity contribution in [3.63, 3.8) is 0 Å². The number of benzene rings is 1. The Hall–Kier alpha value is -0.860. The SMILES string of the molecule is CCCCCCCC1COC(c2ccc(C3CCC(CCCCC)CC3)cc2)CO1. The molecule has 0 radical (unpaired) electrons. The molecular formula is C28H46O2. The molecule has 1 heterocycles. The molecule has 0 spiro atoms. The molecule has 2 unspecified atom stereocenters. The molecule has 1 aromatic carbocycles. The summed E-state index contributed by atoms with van der Waals surface area (Å²) in [7, 11) is 0. The van der Waals surface area contributed by atoms with E-state index in [9.17, 15) is 0 Å². The zero-order chi connectivity index (χ0) is 21.0. The maximum Gasteiger partial charge on any atom is 0.106 e. The summed E-state index contributed by atoms with van der Waals surface area (Å²) in [6.45, 7) is 6.04. The van der Waals surface area contributed by atoms with E-state index in [4.69, 9.17) is 9.47 Å². The van der Waals surface area contributed by atoms with Crippen LogP contribution >= 0.6 is 0 Å². The molecule has 2 heteroatoms. The summed E-state index contributed by atoms with van der Waals surface area (Å²) in [6, 6.07) is 9.31. The molecule has 2 nitrogen and oxygen atoms in total. The molecule has 3 rings (SSSR count). The molecule has 1 aliphatic heterocycles. The Morgan fingerprint density at radius 1 is 0.667 bits per heavy atom. The van der Waals surface area contributed by atoms with Crippen molar-refractivity contribution < 1.29 is 9.47 Å². The van der Waals surface area contributed by atoms with Crippen LogP contribution in [0, 0.1) is 5.92 Å². The van der Waals surface area contributed by atoms with Crippen LogP contribution in [0.2, 0.25) is 0 Å². The smallest absolute Gasteiger partial charge is 0.106 e. The second-order valence-corrected chi connectivity index (χ2v) is 9.86. The van der Waals surface area contributed by atoms with Crippen molar-refractivity contribution in [1.29, 1.82) is 0 Å². The molecule has 1 aromatic rings. The predicted octanol–water partition coefficient (Wildman–Crippen LogP) is 8.36. The number of rotatable bonds is 12. The maximum absolute atomic E-state index is 6.18. The molecule has 0 aromatic heterocycles. The lowest BCUT2D eigenvalue weighted by molar-refractivity contribution is -0.137. The molecule has 1 aliphatic carbocycles. The summed E-state index contributed by atoms with van der Waals surface area (Å²) in [4.78, 5) is 0. The molecule has 0 N–H and O–H groups in total. The third kappa shape index (κ3) is 7.68. The quantitative estimate of drug-likeness (QED) is 0.320. The molecule has 2 atom stereocenters. The van der Waals surface area contributed by atoms with E-state index in [1.807, 2.05) is 0 Å². The molecule has 30 heavy (non-hydrogen) atoms. The van der Waals surface area contributed by atoms with Crippen LogP contribution in [-0.4, -0.2) is 19.3 Å². The monoisotopic (exact) mass is 414 g/mol. The van der Waals surface area contributed by atoms with Gasteiger partial charge in [-0.2, -0.15) is 0 Å². The fraction of sp³-hybridized carbons (Fsp3) is 0.786. The maximum atomic E-state index is 6.18. The van der Waals surface area contributed by atoms with Gasteiger partial charge in [0.25, 0.3) is 0 Å². The summed E-state index contributed by atoms with van der Waals surface area (Å²) >= 11 is 0. The van der Waals surface area contributed by atoms with Crippen molar-refractivity contribution >= 4 is 0 Å². The van der Waals surface area contributed by atoms with E-state index in [1.165, 1.54) is 94.6 Å². The second-order valence-electron chi connectivity index (χ2n) is 9.86. The first-order valence-electron chi connectivity index (χ1n) is 13.1. The summed E-state index contributed by atoms with van der Waals surface area (Å²) < 4.78 is 12.3. The van der Waals surface area contributed by atoms with E-state index >= 15 is 0 Å². The van der Waals surface area contributed by atoms with Crippen LogP contribution in [0.1, 0.15) is 127 Å². The highest BCUT2D eigenvalue weighted by Crippen LogP contribution is 2.38. The van der Waals surface area contributed by atoms with Crippen LogP contribution in [0.25, 0.3) is 0 Å². The number of unbranched alkanes of at least 4 members (excludes halogenated alkanes) is 6. The lowest BCUT2D eigenvalue weighted by atomic mass is 9.77. The van der Waals surface area contributed by atoms with Crippen molar-refractivity contribution in [3.05, 3.63) is 35.4 Å². The predicted molar refractivity (Wildman–Crippen MR) is 127 cm³/mol. The van der Waals surface area contributed by atoms with Crippen LogP contribution in [0.4, 0.5) is 0 Å². The van der Waals surface area contributed by atoms with Gasteiger partial charge in [0.1, 0.15) is 6.10 Å². The standard InChI is InChI=1S/C28H46O2/c1-3-5-7-8-10-12-27-21-30-28(22-29-27)26-19-17-25(18-20-26)24-15-13-23(14-16-24)11-9-6-4-2/h17-20,23-24,27-28H,3-16,21-22H2,1-2H3. The van der Waals surface area contributed by atoms with Gasteiger partial charge in [-0.15, -0.1) is 0 Å². The zero-order valence-electron chi connectivity index (χ0n) is 19.7. The lowest BCUT2D eigenvalue weighted by Crippen LogP contribution is -2.31. The van der Waals surface area contributed by atoms with Gasteiger partial charge in [0.15, 0.2) is 0 Å². The van der Waals surface area contributed by atoms with Crippen molar-refractivity contribution in [3.8, 4) is 0 Å². The van der Waals surface area contributed by atoms with Gasteiger partial charge in [-0.05, 0) is 55.1 Å². The fourth-order valence-electron chi connectivity index (χ4n) is 5.33. The Morgan fingerprint density at radius 2 is 1.30 bits per heavy atom. The third-order valence-corrected chi connectivity index (χ3v) is 7.44. The topological polar surface area (TPSA) is 18.5 Å². The first kappa shape index (κ1) is 23.8. The van der Waals surface area contributed by atoms with Gasteiger partial charge in [0, 0.05) is 0 Å². The lowest BCUT2D eigenvalue weighted by Gasteiger charge is -2.31. The summed E-state index contributed by atoms with van der Waals surface area (Å²) in [5.41, 5.74) is 2.82. The van der Waals surface area contributed by atoms with E-state index in [1.54, 1.807) is 0 Å². The van der Waals surface area contributed by atoms with Crippen LogP contribution in [-0.2, 0) is 9.47 Å². The van der Waals surface area contributed by atoms with E-state index in [0.29, 0.717) is 12.7 Å². The average Bonchev–Trinajstić information content (AvgIpc) is 2.80. The van der Waals surface area contributed by atoms with Crippen molar-refractivity contribution in [2.45, 2.75) is 122 Å². The average molecular weight is 415 g/mol. The fourth-order valence-corrected chi connectivity index (χ4v) is 5.33. The number of hydrogen-bond donors (Lipinski definition) is 0. The Bertz CT molecular complexity index is 551. The minimum atomic E-state index is 0.115. The number of ether oxygens (including phenoxy) is 2. The summed E-state index contributed by atoms with van der Waals surface area (Å²) in [5.74, 6) is 1.75. The largest absolute Gasteiger partial charge is 0.373 e. The van der Waals surface area contributed by atoms with E-state index in [0.717, 1.165) is 24.9 Å². The van der Waals surface area contributed by atoms with Crippen molar-refractivity contribution in [1.82, 2.24) is 0 Å². The van der Waals surface area contributed by atoms with Crippen molar-refractivity contribution in [2.24, 2.45) is 5.92 Å². The van der Waals surface area contributed by atoms with Crippen LogP contribution < -0.4 is 0 Å². The second kappa shape index (κ2) is 13.5. The van der Waals surface area contributed by atoms with Crippen molar-refractivity contribution in [2.75, 3.05) is 13.2 Å². The highest BCUT2D eigenvalue weighted by Gasteiger charge is 2.25. The van der Waals surface area contributed by atoms with Gasteiger partial charge >= 0.3 is 0 Å². The minimum absolute atomic E-state index is 0.115. The normalized spacial score (nSPS) is 27.3. The molecule has 1 saturated carbocycles. The van der Waals surface area contributed by atoms with Gasteiger partial charge in [-0.25, -0.2) is 0 Å². The molecule has 170 valence electrons. The molecule has 2 fully saturated rings.